The predicted molar refractivity (Wildman–Crippen MR) is 118 cm³/mol. The van der Waals surface area contributed by atoms with E-state index < -0.39 is 10.0 Å². The Hall–Kier alpha value is -1.14. The van der Waals surface area contributed by atoms with Crippen LogP contribution in [0.2, 0.25) is 4.34 Å². The fourth-order valence-electron chi connectivity index (χ4n) is 3.42. The fraction of sp³-hybridized carbons (Fsp3) is 0.611. The Balaban J connectivity index is 1.33. The lowest BCUT2D eigenvalue weighted by atomic mass is 10.2. The lowest BCUT2D eigenvalue weighted by molar-refractivity contribution is -0.129. The number of thiophene rings is 1. The molecule has 1 saturated carbocycles. The maximum atomic E-state index is 12.7. The molecule has 0 unspecified atom stereocenters. The molecule has 0 spiro atoms. The summed E-state index contributed by atoms with van der Waals surface area (Å²) < 4.78 is 29.7. The van der Waals surface area contributed by atoms with Crippen LogP contribution in [0.3, 0.4) is 0 Å². The number of piperazine rings is 1. The van der Waals surface area contributed by atoms with Crippen molar-refractivity contribution < 1.29 is 13.2 Å². The summed E-state index contributed by atoms with van der Waals surface area (Å²) in [5.74, 6) is 1.53. The van der Waals surface area contributed by atoms with Gasteiger partial charge in [0, 0.05) is 38.1 Å². The highest BCUT2D eigenvalue weighted by Crippen LogP contribution is 2.40. The summed E-state index contributed by atoms with van der Waals surface area (Å²) in [6, 6.07) is 3.56. The van der Waals surface area contributed by atoms with Crippen LogP contribution in [0, 0.1) is 0 Å². The van der Waals surface area contributed by atoms with Gasteiger partial charge in [0.1, 0.15) is 10.0 Å². The van der Waals surface area contributed by atoms with Crippen molar-refractivity contribution in [1.29, 1.82) is 0 Å². The normalized spacial score (nSPS) is 18.3. The molecule has 0 atom stereocenters. The molecule has 1 aliphatic carbocycles. The Morgan fingerprint density at radius 2 is 1.93 bits per heavy atom. The number of amides is 1. The van der Waals surface area contributed by atoms with Gasteiger partial charge in [-0.2, -0.15) is 4.31 Å². The van der Waals surface area contributed by atoms with Crippen LogP contribution in [-0.2, 0) is 14.8 Å². The van der Waals surface area contributed by atoms with Crippen LogP contribution >= 0.6 is 34.7 Å². The van der Waals surface area contributed by atoms with E-state index in [2.05, 4.69) is 28.6 Å². The summed E-state index contributed by atoms with van der Waals surface area (Å²) in [4.78, 5) is 14.4. The zero-order chi connectivity index (χ0) is 21.5. The monoisotopic (exact) mass is 489 g/mol. The van der Waals surface area contributed by atoms with E-state index in [-0.39, 0.29) is 34.9 Å². The third kappa shape index (κ3) is 4.55. The maximum Gasteiger partial charge on any atom is 0.252 e. The van der Waals surface area contributed by atoms with Crippen LogP contribution in [0.15, 0.2) is 21.5 Å². The molecule has 3 heterocycles. The van der Waals surface area contributed by atoms with Crippen LogP contribution in [0.5, 0.6) is 0 Å². The third-order valence-corrected chi connectivity index (χ3v) is 9.70. The molecule has 2 aromatic rings. The SMILES string of the molecule is CC(C)c1nnc(SCC(=O)N2CCN(S(=O)(=O)c3ccc(Cl)s3)CC2)n1C1CC1. The molecular formula is C18H24ClN5O3S3. The fourth-order valence-corrected chi connectivity index (χ4v) is 7.39. The van der Waals surface area contributed by atoms with Crippen molar-refractivity contribution in [3.05, 3.63) is 22.3 Å². The lowest BCUT2D eigenvalue weighted by Crippen LogP contribution is -2.50. The standard InChI is InChI=1S/C18H24ClN5O3S3/c1-12(2)17-20-21-18(24(17)13-3-4-13)28-11-15(25)22-7-9-23(10-8-22)30(26,27)16-6-5-14(19)29-16/h5-6,12-13H,3-4,7-11H2,1-2H3. The topological polar surface area (TPSA) is 88.4 Å². The molecule has 0 aromatic carbocycles. The second-order valence-corrected chi connectivity index (χ2v) is 12.6. The Bertz CT molecular complexity index is 1020. The lowest BCUT2D eigenvalue weighted by Gasteiger charge is -2.33. The summed E-state index contributed by atoms with van der Waals surface area (Å²) in [6.45, 7) is 5.52. The molecular weight excluding hydrogens is 466 g/mol. The van der Waals surface area contributed by atoms with Gasteiger partial charge in [-0.1, -0.05) is 37.2 Å². The molecule has 1 aliphatic heterocycles. The molecule has 1 amide bonds. The van der Waals surface area contributed by atoms with E-state index in [1.807, 2.05) is 0 Å². The van der Waals surface area contributed by atoms with Gasteiger partial charge in [-0.05, 0) is 25.0 Å². The minimum atomic E-state index is -3.56. The highest BCUT2D eigenvalue weighted by atomic mass is 35.5. The third-order valence-electron chi connectivity index (χ3n) is 5.18. The number of carbonyl (C=O) groups is 1. The Morgan fingerprint density at radius 1 is 1.23 bits per heavy atom. The van der Waals surface area contributed by atoms with E-state index in [1.165, 1.54) is 22.1 Å². The number of nitrogens with zero attached hydrogens (tertiary/aromatic N) is 5. The molecule has 8 nitrogen and oxygen atoms in total. The minimum Gasteiger partial charge on any atom is -0.339 e. The van der Waals surface area contributed by atoms with Crippen molar-refractivity contribution in [3.8, 4) is 0 Å². The van der Waals surface area contributed by atoms with Crippen molar-refractivity contribution >= 4 is 50.6 Å². The Morgan fingerprint density at radius 3 is 2.50 bits per heavy atom. The zero-order valence-corrected chi connectivity index (χ0v) is 20.0. The van der Waals surface area contributed by atoms with Gasteiger partial charge in [-0.15, -0.1) is 21.5 Å². The Kier molecular flexibility index (Phi) is 6.45. The number of sulfonamides is 1. The molecule has 2 aromatic heterocycles. The molecule has 4 rings (SSSR count). The summed E-state index contributed by atoms with van der Waals surface area (Å²) in [6.07, 6.45) is 2.26. The molecule has 164 valence electrons. The molecule has 0 bridgehead atoms. The van der Waals surface area contributed by atoms with E-state index in [0.717, 1.165) is 35.2 Å². The van der Waals surface area contributed by atoms with Crippen molar-refractivity contribution in [1.82, 2.24) is 24.0 Å². The predicted octanol–water partition coefficient (Wildman–Crippen LogP) is 3.08. The van der Waals surface area contributed by atoms with Crippen LogP contribution < -0.4 is 0 Å². The average molecular weight is 490 g/mol. The first-order valence-electron chi connectivity index (χ1n) is 9.88. The number of hydrogen-bond acceptors (Lipinski definition) is 7. The quantitative estimate of drug-likeness (QED) is 0.555. The number of hydrogen-bond donors (Lipinski definition) is 0. The van der Waals surface area contributed by atoms with Gasteiger partial charge >= 0.3 is 0 Å². The molecule has 2 fully saturated rings. The van der Waals surface area contributed by atoms with E-state index >= 15 is 0 Å². The second kappa shape index (κ2) is 8.78. The molecule has 1 saturated heterocycles. The van der Waals surface area contributed by atoms with Crippen LogP contribution in [-0.4, -0.2) is 70.2 Å². The summed E-state index contributed by atoms with van der Waals surface area (Å²) in [5.41, 5.74) is 0. The summed E-state index contributed by atoms with van der Waals surface area (Å²) in [7, 11) is -3.56. The molecule has 30 heavy (non-hydrogen) atoms. The maximum absolute atomic E-state index is 12.7. The summed E-state index contributed by atoms with van der Waals surface area (Å²) in [5, 5.41) is 9.42. The van der Waals surface area contributed by atoms with Crippen molar-refractivity contribution in [3.63, 3.8) is 0 Å². The van der Waals surface area contributed by atoms with Gasteiger partial charge in [-0.3, -0.25) is 4.79 Å². The summed E-state index contributed by atoms with van der Waals surface area (Å²) >= 11 is 8.34. The van der Waals surface area contributed by atoms with Gasteiger partial charge < -0.3 is 9.47 Å². The van der Waals surface area contributed by atoms with E-state index in [1.54, 1.807) is 11.0 Å². The van der Waals surface area contributed by atoms with Crippen LogP contribution in [0.25, 0.3) is 0 Å². The largest absolute Gasteiger partial charge is 0.339 e. The van der Waals surface area contributed by atoms with Gasteiger partial charge in [0.25, 0.3) is 10.0 Å². The number of carbonyl (C=O) groups excluding carboxylic acids is 1. The Labute approximate surface area is 189 Å². The van der Waals surface area contributed by atoms with Crippen molar-refractivity contribution in [2.75, 3.05) is 31.9 Å². The first-order chi connectivity index (χ1) is 14.3. The zero-order valence-electron chi connectivity index (χ0n) is 16.8. The molecule has 0 N–H and O–H groups in total. The molecule has 12 heteroatoms. The number of aromatic nitrogens is 3. The number of thioether (sulfide) groups is 1. The van der Waals surface area contributed by atoms with Crippen molar-refractivity contribution in [2.45, 2.75) is 48.0 Å². The first-order valence-corrected chi connectivity index (χ1v) is 13.5. The highest BCUT2D eigenvalue weighted by Gasteiger charge is 2.33. The van der Waals surface area contributed by atoms with Gasteiger partial charge in [0.05, 0.1) is 10.1 Å². The van der Waals surface area contributed by atoms with Crippen LogP contribution in [0.4, 0.5) is 0 Å². The molecule has 2 aliphatic rings. The minimum absolute atomic E-state index is 0.00680. The average Bonchev–Trinajstić information content (AvgIpc) is 3.30. The highest BCUT2D eigenvalue weighted by molar-refractivity contribution is 7.99. The van der Waals surface area contributed by atoms with Crippen molar-refractivity contribution in [2.24, 2.45) is 0 Å². The van der Waals surface area contributed by atoms with Crippen LogP contribution in [0.1, 0.15) is 44.5 Å². The van der Waals surface area contributed by atoms with E-state index in [9.17, 15) is 13.2 Å². The van der Waals surface area contributed by atoms with E-state index in [0.29, 0.717) is 23.5 Å². The van der Waals surface area contributed by atoms with Gasteiger partial charge in [0.15, 0.2) is 5.16 Å². The van der Waals surface area contributed by atoms with Gasteiger partial charge in [0.2, 0.25) is 5.91 Å². The first kappa shape index (κ1) is 22.1. The molecule has 0 radical (unpaired) electrons. The second-order valence-electron chi connectivity index (χ2n) is 7.73. The smallest absolute Gasteiger partial charge is 0.252 e. The van der Waals surface area contributed by atoms with Gasteiger partial charge in [-0.25, -0.2) is 8.42 Å². The number of halogens is 1. The number of rotatable bonds is 7. The van der Waals surface area contributed by atoms with E-state index in [4.69, 9.17) is 11.6 Å².